The molecule has 1 aliphatic carbocycles. The number of aliphatic hydroxyl groups excluding tert-OH is 1. The van der Waals surface area contributed by atoms with Crippen LogP contribution < -0.4 is 10.1 Å². The number of hydrogen-bond donors (Lipinski definition) is 2. The molecule has 3 atom stereocenters. The lowest BCUT2D eigenvalue weighted by Crippen LogP contribution is -2.54. The van der Waals surface area contributed by atoms with E-state index in [4.69, 9.17) is 16.3 Å². The first-order chi connectivity index (χ1) is 11.9. The highest BCUT2D eigenvalue weighted by molar-refractivity contribution is 6.30. The Morgan fingerprint density at radius 2 is 2.08 bits per heavy atom. The van der Waals surface area contributed by atoms with Gasteiger partial charge < -0.3 is 15.2 Å². The van der Waals surface area contributed by atoms with Gasteiger partial charge in [0.15, 0.2) is 0 Å². The number of nitrogens with zero attached hydrogens (tertiary/aromatic N) is 1. The third kappa shape index (κ3) is 3.60. The zero-order valence-electron chi connectivity index (χ0n) is 14.2. The Labute approximate surface area is 152 Å². The predicted octanol–water partition coefficient (Wildman–Crippen LogP) is 2.58. The number of urea groups is 1. The SMILES string of the molecule is CC1CCCCC12NC(=O)N(CC(O)COc1ccc(Cl)cc1)C2=O. The minimum atomic E-state index is -0.959. The van der Waals surface area contributed by atoms with Crippen LogP contribution in [0.3, 0.4) is 0 Å². The van der Waals surface area contributed by atoms with E-state index in [0.29, 0.717) is 17.2 Å². The minimum Gasteiger partial charge on any atom is -0.491 e. The zero-order chi connectivity index (χ0) is 18.0. The van der Waals surface area contributed by atoms with Gasteiger partial charge in [0, 0.05) is 5.02 Å². The molecule has 136 valence electrons. The summed E-state index contributed by atoms with van der Waals surface area (Å²) in [5.41, 5.74) is -0.800. The molecule has 7 heteroatoms. The summed E-state index contributed by atoms with van der Waals surface area (Å²) in [4.78, 5) is 26.2. The van der Waals surface area contributed by atoms with Crippen molar-refractivity contribution in [2.45, 2.75) is 44.2 Å². The van der Waals surface area contributed by atoms with Crippen LogP contribution in [0.2, 0.25) is 5.02 Å². The van der Waals surface area contributed by atoms with Crippen molar-refractivity contribution in [3.8, 4) is 5.75 Å². The number of β-amino-alcohol motifs (C(OH)–C–C–N with tert-alkyl or cyclic N) is 1. The van der Waals surface area contributed by atoms with Crippen molar-refractivity contribution in [1.82, 2.24) is 10.2 Å². The average Bonchev–Trinajstić information content (AvgIpc) is 2.82. The smallest absolute Gasteiger partial charge is 0.325 e. The Kier molecular flexibility index (Phi) is 5.20. The highest BCUT2D eigenvalue weighted by atomic mass is 35.5. The van der Waals surface area contributed by atoms with Gasteiger partial charge in [-0.1, -0.05) is 31.4 Å². The van der Waals surface area contributed by atoms with Crippen molar-refractivity contribution in [3.05, 3.63) is 29.3 Å². The molecule has 3 amide bonds. The number of nitrogens with one attached hydrogen (secondary N) is 1. The number of imide groups is 1. The molecule has 25 heavy (non-hydrogen) atoms. The van der Waals surface area contributed by atoms with Crippen LogP contribution in [-0.4, -0.2) is 46.7 Å². The molecule has 1 aromatic rings. The maximum Gasteiger partial charge on any atom is 0.325 e. The largest absolute Gasteiger partial charge is 0.491 e. The molecule has 1 aromatic carbocycles. The third-order valence-electron chi connectivity index (χ3n) is 5.15. The average molecular weight is 367 g/mol. The molecule has 0 aromatic heterocycles. The van der Waals surface area contributed by atoms with Crippen LogP contribution in [0.4, 0.5) is 4.79 Å². The fraction of sp³-hybridized carbons (Fsp3) is 0.556. The Morgan fingerprint density at radius 3 is 2.76 bits per heavy atom. The van der Waals surface area contributed by atoms with E-state index in [1.54, 1.807) is 24.3 Å². The van der Waals surface area contributed by atoms with Crippen molar-refractivity contribution in [2.75, 3.05) is 13.2 Å². The molecule has 1 aliphatic heterocycles. The molecule has 1 spiro atoms. The van der Waals surface area contributed by atoms with Crippen LogP contribution in [0, 0.1) is 5.92 Å². The second-order valence-corrected chi connectivity index (χ2v) is 7.32. The summed E-state index contributed by atoms with van der Waals surface area (Å²) in [6, 6.07) is 6.34. The maximum atomic E-state index is 12.8. The summed E-state index contributed by atoms with van der Waals surface area (Å²) < 4.78 is 5.48. The minimum absolute atomic E-state index is 0.0127. The van der Waals surface area contributed by atoms with E-state index in [1.165, 1.54) is 0 Å². The van der Waals surface area contributed by atoms with Gasteiger partial charge >= 0.3 is 6.03 Å². The second-order valence-electron chi connectivity index (χ2n) is 6.88. The van der Waals surface area contributed by atoms with Gasteiger partial charge in [-0.25, -0.2) is 4.79 Å². The molecule has 2 fully saturated rings. The van der Waals surface area contributed by atoms with Gasteiger partial charge in [-0.3, -0.25) is 9.69 Å². The molecule has 0 radical (unpaired) electrons. The molecule has 1 heterocycles. The predicted molar refractivity (Wildman–Crippen MR) is 93.6 cm³/mol. The van der Waals surface area contributed by atoms with Gasteiger partial charge in [0.25, 0.3) is 5.91 Å². The first kappa shape index (κ1) is 18.0. The quantitative estimate of drug-likeness (QED) is 0.785. The lowest BCUT2D eigenvalue weighted by Gasteiger charge is -2.36. The maximum absolute atomic E-state index is 12.8. The van der Waals surface area contributed by atoms with Crippen LogP contribution in [0.5, 0.6) is 5.75 Å². The van der Waals surface area contributed by atoms with E-state index in [1.807, 2.05) is 6.92 Å². The van der Waals surface area contributed by atoms with Gasteiger partial charge in [0.1, 0.15) is 24.0 Å². The number of ether oxygens (including phenoxy) is 1. The second kappa shape index (κ2) is 7.22. The number of amides is 3. The van der Waals surface area contributed by atoms with Crippen LogP contribution in [-0.2, 0) is 4.79 Å². The lowest BCUT2D eigenvalue weighted by molar-refractivity contribution is -0.135. The van der Waals surface area contributed by atoms with Gasteiger partial charge in [-0.15, -0.1) is 0 Å². The number of hydrogen-bond acceptors (Lipinski definition) is 4. The Balaban J connectivity index is 1.59. The summed E-state index contributed by atoms with van der Waals surface area (Å²) in [6.07, 6.45) is 2.62. The van der Waals surface area contributed by atoms with E-state index >= 15 is 0 Å². The number of benzene rings is 1. The lowest BCUT2D eigenvalue weighted by atomic mass is 9.73. The van der Waals surface area contributed by atoms with E-state index in [2.05, 4.69) is 5.32 Å². The summed E-state index contributed by atoms with van der Waals surface area (Å²) in [6.45, 7) is 1.91. The number of rotatable bonds is 5. The highest BCUT2D eigenvalue weighted by Crippen LogP contribution is 2.38. The fourth-order valence-corrected chi connectivity index (χ4v) is 3.77. The number of carbonyl (C=O) groups is 2. The van der Waals surface area contributed by atoms with Crippen molar-refractivity contribution < 1.29 is 19.4 Å². The standard InChI is InChI=1S/C18H23ClN2O4/c1-12-4-2-3-9-18(12)16(23)21(17(24)20-18)10-14(22)11-25-15-7-5-13(19)6-8-15/h5-8,12,14,22H,2-4,9-11H2,1H3,(H,20,24). The van der Waals surface area contributed by atoms with Gasteiger partial charge in [0.2, 0.25) is 0 Å². The van der Waals surface area contributed by atoms with Crippen molar-refractivity contribution in [2.24, 2.45) is 5.92 Å². The van der Waals surface area contributed by atoms with Gasteiger partial charge in [-0.05, 0) is 43.0 Å². The van der Waals surface area contributed by atoms with E-state index < -0.39 is 17.7 Å². The van der Waals surface area contributed by atoms with Crippen molar-refractivity contribution in [1.29, 1.82) is 0 Å². The van der Waals surface area contributed by atoms with Gasteiger partial charge in [0.05, 0.1) is 6.54 Å². The molecule has 0 bridgehead atoms. The fourth-order valence-electron chi connectivity index (χ4n) is 3.65. The van der Waals surface area contributed by atoms with Crippen LogP contribution in [0.25, 0.3) is 0 Å². The van der Waals surface area contributed by atoms with Crippen molar-refractivity contribution in [3.63, 3.8) is 0 Å². The third-order valence-corrected chi connectivity index (χ3v) is 5.40. The normalized spacial score (nSPS) is 27.5. The first-order valence-corrected chi connectivity index (χ1v) is 9.01. The Hall–Kier alpha value is -1.79. The van der Waals surface area contributed by atoms with Gasteiger partial charge in [-0.2, -0.15) is 0 Å². The Bertz CT molecular complexity index is 651. The number of halogens is 1. The van der Waals surface area contributed by atoms with E-state index in [0.717, 1.165) is 24.2 Å². The molecule has 3 unspecified atom stereocenters. The zero-order valence-corrected chi connectivity index (χ0v) is 15.0. The molecule has 6 nitrogen and oxygen atoms in total. The number of carbonyl (C=O) groups excluding carboxylic acids is 2. The first-order valence-electron chi connectivity index (χ1n) is 8.63. The molecule has 2 aliphatic rings. The molecule has 1 saturated carbocycles. The summed E-state index contributed by atoms with van der Waals surface area (Å²) >= 11 is 5.81. The molecule has 3 rings (SSSR count). The molecule has 2 N–H and O–H groups in total. The monoisotopic (exact) mass is 366 g/mol. The molecular weight excluding hydrogens is 344 g/mol. The van der Waals surface area contributed by atoms with E-state index in [-0.39, 0.29) is 25.0 Å². The van der Waals surface area contributed by atoms with Crippen LogP contribution in [0.1, 0.15) is 32.6 Å². The van der Waals surface area contributed by atoms with E-state index in [9.17, 15) is 14.7 Å². The topological polar surface area (TPSA) is 78.9 Å². The number of aliphatic hydroxyl groups is 1. The van der Waals surface area contributed by atoms with Crippen LogP contribution >= 0.6 is 11.6 Å². The summed E-state index contributed by atoms with van der Waals surface area (Å²) in [5, 5.41) is 13.7. The molecule has 1 saturated heterocycles. The van der Waals surface area contributed by atoms with Crippen LogP contribution in [0.15, 0.2) is 24.3 Å². The highest BCUT2D eigenvalue weighted by Gasteiger charge is 2.54. The Morgan fingerprint density at radius 1 is 1.36 bits per heavy atom. The summed E-state index contributed by atoms with van der Waals surface area (Å²) in [7, 11) is 0. The van der Waals surface area contributed by atoms with Crippen molar-refractivity contribution >= 4 is 23.5 Å². The molecular formula is C18H23ClN2O4. The summed E-state index contributed by atoms with van der Waals surface area (Å²) in [5.74, 6) is 0.443.